The van der Waals surface area contributed by atoms with E-state index in [0.29, 0.717) is 5.92 Å². The van der Waals surface area contributed by atoms with Crippen LogP contribution in [-0.2, 0) is 4.79 Å². The molecule has 1 amide bonds. The molecule has 5 heteroatoms. The van der Waals surface area contributed by atoms with Gasteiger partial charge in [0.25, 0.3) is 0 Å². The summed E-state index contributed by atoms with van der Waals surface area (Å²) in [5.41, 5.74) is 1.19. The summed E-state index contributed by atoms with van der Waals surface area (Å²) in [6, 6.07) is 2.02. The first-order valence-corrected chi connectivity index (χ1v) is 5.79. The largest absolute Gasteiger partial charge is 0.342 e. The molecule has 1 atom stereocenters. The van der Waals surface area contributed by atoms with Gasteiger partial charge in [0.2, 0.25) is 11.7 Å². The maximum atomic E-state index is 11.3. The average molecular weight is 230 g/mol. The molecule has 17 heavy (non-hydrogen) atoms. The van der Waals surface area contributed by atoms with E-state index < -0.39 is 0 Å². The van der Waals surface area contributed by atoms with Gasteiger partial charge < -0.3 is 4.90 Å². The van der Waals surface area contributed by atoms with Crippen molar-refractivity contribution in [3.8, 4) is 0 Å². The summed E-state index contributed by atoms with van der Waals surface area (Å²) in [5, 5.41) is 0. The molecule has 0 saturated carbocycles. The Morgan fingerprint density at radius 1 is 1.41 bits per heavy atom. The third-order valence-corrected chi connectivity index (χ3v) is 3.39. The van der Waals surface area contributed by atoms with Gasteiger partial charge in [-0.25, -0.2) is 9.97 Å². The van der Waals surface area contributed by atoms with Crippen LogP contribution in [0.25, 0.3) is 5.78 Å². The molecule has 3 rings (SSSR count). The van der Waals surface area contributed by atoms with Crippen LogP contribution in [-0.4, -0.2) is 38.3 Å². The first kappa shape index (κ1) is 10.3. The molecule has 0 aliphatic carbocycles. The Labute approximate surface area is 99.1 Å². The van der Waals surface area contributed by atoms with E-state index in [1.54, 1.807) is 19.3 Å². The summed E-state index contributed by atoms with van der Waals surface area (Å²) in [6.07, 6.45) is 6.47. The van der Waals surface area contributed by atoms with Crippen LogP contribution in [0.5, 0.6) is 0 Å². The molecule has 2 aromatic rings. The van der Waals surface area contributed by atoms with E-state index in [2.05, 4.69) is 9.97 Å². The summed E-state index contributed by atoms with van der Waals surface area (Å²) >= 11 is 0. The minimum atomic E-state index is 0.156. The minimum Gasteiger partial charge on any atom is -0.342 e. The van der Waals surface area contributed by atoms with Crippen molar-refractivity contribution in [3.05, 3.63) is 30.4 Å². The summed E-state index contributed by atoms with van der Waals surface area (Å²) in [7, 11) is 0. The van der Waals surface area contributed by atoms with Gasteiger partial charge in [-0.3, -0.25) is 9.20 Å². The average Bonchev–Trinajstić information content (AvgIpc) is 2.97. The molecule has 0 radical (unpaired) electrons. The molecule has 0 spiro atoms. The molecular weight excluding hydrogens is 216 g/mol. The number of hydrogen-bond acceptors (Lipinski definition) is 3. The fourth-order valence-electron chi connectivity index (χ4n) is 2.47. The second-order valence-electron chi connectivity index (χ2n) is 4.42. The topological polar surface area (TPSA) is 50.5 Å². The van der Waals surface area contributed by atoms with Gasteiger partial charge in [0.1, 0.15) is 0 Å². The quantitative estimate of drug-likeness (QED) is 0.736. The smallest absolute Gasteiger partial charge is 0.233 e. The van der Waals surface area contributed by atoms with E-state index in [1.165, 1.54) is 5.69 Å². The SMILES string of the molecule is CC(=O)N1CC[C@@H](c2ccnc3nccn23)C1. The Morgan fingerprint density at radius 2 is 2.24 bits per heavy atom. The molecule has 1 aliphatic heterocycles. The second-order valence-corrected chi connectivity index (χ2v) is 4.42. The van der Waals surface area contributed by atoms with E-state index in [0.717, 1.165) is 25.3 Å². The van der Waals surface area contributed by atoms with Crippen LogP contribution in [0, 0.1) is 0 Å². The summed E-state index contributed by atoms with van der Waals surface area (Å²) in [6.45, 7) is 3.27. The van der Waals surface area contributed by atoms with Gasteiger partial charge in [-0.1, -0.05) is 0 Å². The monoisotopic (exact) mass is 230 g/mol. The van der Waals surface area contributed by atoms with E-state index in [-0.39, 0.29) is 5.91 Å². The van der Waals surface area contributed by atoms with Gasteiger partial charge in [0.15, 0.2) is 0 Å². The van der Waals surface area contributed by atoms with Crippen molar-refractivity contribution in [1.29, 1.82) is 0 Å². The van der Waals surface area contributed by atoms with Crippen LogP contribution >= 0.6 is 0 Å². The van der Waals surface area contributed by atoms with Crippen LogP contribution in [0.4, 0.5) is 0 Å². The molecule has 2 aromatic heterocycles. The standard InChI is InChI=1S/C12H14N4O/c1-9(17)15-6-3-10(8-15)11-2-4-13-12-14-5-7-16(11)12/h2,4-5,7,10H,3,6,8H2,1H3/t10-/m1/s1. The maximum Gasteiger partial charge on any atom is 0.233 e. The maximum absolute atomic E-state index is 11.3. The lowest BCUT2D eigenvalue weighted by Crippen LogP contribution is -2.25. The van der Waals surface area contributed by atoms with Gasteiger partial charge in [-0.2, -0.15) is 0 Å². The van der Waals surface area contributed by atoms with Crippen LogP contribution < -0.4 is 0 Å². The minimum absolute atomic E-state index is 0.156. The highest BCUT2D eigenvalue weighted by Gasteiger charge is 2.26. The van der Waals surface area contributed by atoms with Crippen molar-refractivity contribution in [2.45, 2.75) is 19.3 Å². The fraction of sp³-hybridized carbons (Fsp3) is 0.417. The predicted octanol–water partition coefficient (Wildman–Crippen LogP) is 1.07. The van der Waals surface area contributed by atoms with E-state index in [9.17, 15) is 4.79 Å². The number of aromatic nitrogens is 3. The number of carbonyl (C=O) groups excluding carboxylic acids is 1. The zero-order chi connectivity index (χ0) is 11.8. The number of hydrogen-bond donors (Lipinski definition) is 0. The van der Waals surface area contributed by atoms with Crippen LogP contribution in [0.3, 0.4) is 0 Å². The highest BCUT2D eigenvalue weighted by atomic mass is 16.2. The molecule has 0 N–H and O–H groups in total. The number of likely N-dealkylation sites (tertiary alicyclic amines) is 1. The van der Waals surface area contributed by atoms with Crippen molar-refractivity contribution in [2.24, 2.45) is 0 Å². The normalized spacial score (nSPS) is 20.1. The zero-order valence-electron chi connectivity index (χ0n) is 9.71. The third-order valence-electron chi connectivity index (χ3n) is 3.39. The number of imidazole rings is 1. The summed E-state index contributed by atoms with van der Waals surface area (Å²) < 4.78 is 2.01. The molecular formula is C12H14N4O. The number of nitrogens with zero attached hydrogens (tertiary/aromatic N) is 4. The Kier molecular flexibility index (Phi) is 2.31. The first-order valence-electron chi connectivity index (χ1n) is 5.79. The highest BCUT2D eigenvalue weighted by molar-refractivity contribution is 5.73. The zero-order valence-corrected chi connectivity index (χ0v) is 9.71. The molecule has 1 aliphatic rings. The Hall–Kier alpha value is -1.91. The fourth-order valence-corrected chi connectivity index (χ4v) is 2.47. The van der Waals surface area contributed by atoms with Crippen LogP contribution in [0.2, 0.25) is 0 Å². The van der Waals surface area contributed by atoms with Gasteiger partial charge in [-0.05, 0) is 12.5 Å². The van der Waals surface area contributed by atoms with Gasteiger partial charge in [-0.15, -0.1) is 0 Å². The van der Waals surface area contributed by atoms with Crippen molar-refractivity contribution in [3.63, 3.8) is 0 Å². The molecule has 88 valence electrons. The van der Waals surface area contributed by atoms with E-state index >= 15 is 0 Å². The lowest BCUT2D eigenvalue weighted by Gasteiger charge is -2.14. The lowest BCUT2D eigenvalue weighted by molar-refractivity contribution is -0.127. The van der Waals surface area contributed by atoms with Crippen molar-refractivity contribution < 1.29 is 4.79 Å². The molecule has 0 unspecified atom stereocenters. The van der Waals surface area contributed by atoms with Gasteiger partial charge in [0, 0.05) is 50.2 Å². The summed E-state index contributed by atoms with van der Waals surface area (Å²) in [5.74, 6) is 1.27. The second kappa shape index (κ2) is 3.84. The van der Waals surface area contributed by atoms with E-state index in [1.807, 2.05) is 21.6 Å². The number of carbonyl (C=O) groups is 1. The molecule has 1 fully saturated rings. The molecule has 0 bridgehead atoms. The van der Waals surface area contributed by atoms with Crippen molar-refractivity contribution in [2.75, 3.05) is 13.1 Å². The number of amides is 1. The summed E-state index contributed by atoms with van der Waals surface area (Å²) in [4.78, 5) is 21.6. The van der Waals surface area contributed by atoms with Crippen LogP contribution in [0.15, 0.2) is 24.7 Å². The third kappa shape index (κ3) is 1.67. The van der Waals surface area contributed by atoms with Crippen molar-refractivity contribution >= 4 is 11.7 Å². The first-order chi connectivity index (χ1) is 8.25. The Bertz CT molecular complexity index is 562. The predicted molar refractivity (Wildman–Crippen MR) is 62.6 cm³/mol. The lowest BCUT2D eigenvalue weighted by atomic mass is 10.0. The van der Waals surface area contributed by atoms with E-state index in [4.69, 9.17) is 0 Å². The van der Waals surface area contributed by atoms with Gasteiger partial charge >= 0.3 is 0 Å². The molecule has 1 saturated heterocycles. The Balaban J connectivity index is 1.95. The van der Waals surface area contributed by atoms with Gasteiger partial charge in [0.05, 0.1) is 0 Å². The molecule has 3 heterocycles. The Morgan fingerprint density at radius 3 is 3.00 bits per heavy atom. The molecule has 5 nitrogen and oxygen atoms in total. The highest BCUT2D eigenvalue weighted by Crippen LogP contribution is 2.26. The number of fused-ring (bicyclic) bond motifs is 1. The van der Waals surface area contributed by atoms with Crippen molar-refractivity contribution in [1.82, 2.24) is 19.3 Å². The number of rotatable bonds is 1. The molecule has 0 aromatic carbocycles. The van der Waals surface area contributed by atoms with Crippen LogP contribution in [0.1, 0.15) is 25.0 Å².